The molecule has 8 nitrogen and oxygen atoms in total. The van der Waals surface area contributed by atoms with E-state index < -0.39 is 0 Å². The van der Waals surface area contributed by atoms with Crippen molar-refractivity contribution in [3.05, 3.63) is 35.0 Å². The monoisotopic (exact) mass is 518 g/mol. The topological polar surface area (TPSA) is 90.1 Å². The second kappa shape index (κ2) is 12.4. The van der Waals surface area contributed by atoms with E-state index in [0.717, 1.165) is 35.1 Å². The standard InChI is InChI=1S/C20H30N4O4.HI/c1-7-21-20(23-12-19-24-13(2)14(3)28-19)22-9-8-16-17(26-5)10-15(25-4)11-18(16)27-6;/h10-11H,7-9,12H2,1-6H3,(H2,21,22,23);1H. The lowest BCUT2D eigenvalue weighted by atomic mass is 10.1. The number of hydrogen-bond acceptors (Lipinski definition) is 6. The first-order valence-electron chi connectivity index (χ1n) is 9.26. The van der Waals surface area contributed by atoms with Gasteiger partial charge in [0.2, 0.25) is 5.89 Å². The molecule has 1 aromatic carbocycles. The molecular weight excluding hydrogens is 487 g/mol. The Morgan fingerprint density at radius 3 is 2.21 bits per heavy atom. The van der Waals surface area contributed by atoms with Crippen LogP contribution in [0.2, 0.25) is 0 Å². The van der Waals surface area contributed by atoms with E-state index in [2.05, 4.69) is 20.6 Å². The minimum atomic E-state index is 0. The highest BCUT2D eigenvalue weighted by Crippen LogP contribution is 2.34. The molecule has 0 aliphatic carbocycles. The van der Waals surface area contributed by atoms with Crippen molar-refractivity contribution in [3.8, 4) is 17.2 Å². The van der Waals surface area contributed by atoms with Crippen LogP contribution in [0.1, 0.15) is 29.8 Å². The zero-order chi connectivity index (χ0) is 20.5. The van der Waals surface area contributed by atoms with Crippen LogP contribution in [0.15, 0.2) is 21.5 Å². The first-order chi connectivity index (χ1) is 13.5. The number of guanidine groups is 1. The largest absolute Gasteiger partial charge is 0.496 e. The van der Waals surface area contributed by atoms with Crippen LogP contribution in [0, 0.1) is 13.8 Å². The van der Waals surface area contributed by atoms with Crippen molar-refractivity contribution in [2.75, 3.05) is 34.4 Å². The van der Waals surface area contributed by atoms with E-state index in [4.69, 9.17) is 18.6 Å². The Morgan fingerprint density at radius 1 is 1.07 bits per heavy atom. The lowest BCUT2D eigenvalue weighted by Crippen LogP contribution is -2.38. The molecule has 0 aliphatic rings. The summed E-state index contributed by atoms with van der Waals surface area (Å²) in [5, 5.41) is 6.54. The van der Waals surface area contributed by atoms with Crippen molar-refractivity contribution < 1.29 is 18.6 Å². The van der Waals surface area contributed by atoms with Crippen LogP contribution in [-0.2, 0) is 13.0 Å². The number of hydrogen-bond donors (Lipinski definition) is 2. The minimum Gasteiger partial charge on any atom is -0.496 e. The van der Waals surface area contributed by atoms with Gasteiger partial charge in [-0.2, -0.15) is 0 Å². The fourth-order valence-electron chi connectivity index (χ4n) is 2.73. The normalized spacial score (nSPS) is 10.9. The smallest absolute Gasteiger partial charge is 0.216 e. The van der Waals surface area contributed by atoms with Gasteiger partial charge < -0.3 is 29.3 Å². The SMILES string of the molecule is CCNC(=NCc1nc(C)c(C)o1)NCCc1c(OC)cc(OC)cc1OC.I. The summed E-state index contributed by atoms with van der Waals surface area (Å²) in [7, 11) is 4.89. The zero-order valence-electron chi connectivity index (χ0n) is 17.9. The van der Waals surface area contributed by atoms with Crippen molar-refractivity contribution >= 4 is 29.9 Å². The van der Waals surface area contributed by atoms with Crippen LogP contribution in [0.3, 0.4) is 0 Å². The molecule has 1 aromatic heterocycles. The van der Waals surface area contributed by atoms with Crippen molar-refractivity contribution in [2.24, 2.45) is 4.99 Å². The molecule has 9 heteroatoms. The molecule has 0 atom stereocenters. The predicted molar refractivity (Wildman–Crippen MR) is 124 cm³/mol. The molecular formula is C20H31IN4O4. The Balaban J connectivity index is 0.00000420. The van der Waals surface area contributed by atoms with E-state index in [1.807, 2.05) is 32.9 Å². The molecule has 0 saturated carbocycles. The number of aromatic nitrogens is 1. The molecule has 0 fully saturated rings. The third-order valence-electron chi connectivity index (χ3n) is 4.27. The van der Waals surface area contributed by atoms with Gasteiger partial charge in [-0.3, -0.25) is 0 Å². The zero-order valence-corrected chi connectivity index (χ0v) is 20.2. The van der Waals surface area contributed by atoms with Gasteiger partial charge in [0.25, 0.3) is 0 Å². The maximum absolute atomic E-state index is 5.58. The van der Waals surface area contributed by atoms with Gasteiger partial charge in [-0.05, 0) is 27.2 Å². The molecule has 0 aliphatic heterocycles. The summed E-state index contributed by atoms with van der Waals surface area (Å²) in [6.07, 6.45) is 0.692. The van der Waals surface area contributed by atoms with Gasteiger partial charge in [-0.1, -0.05) is 0 Å². The van der Waals surface area contributed by atoms with Crippen molar-refractivity contribution in [1.82, 2.24) is 15.6 Å². The summed E-state index contributed by atoms with van der Waals surface area (Å²) < 4.78 is 21.9. The summed E-state index contributed by atoms with van der Waals surface area (Å²) in [4.78, 5) is 8.90. The van der Waals surface area contributed by atoms with E-state index in [0.29, 0.717) is 37.1 Å². The van der Waals surface area contributed by atoms with Gasteiger partial charge >= 0.3 is 0 Å². The van der Waals surface area contributed by atoms with E-state index in [9.17, 15) is 0 Å². The van der Waals surface area contributed by atoms with Crippen LogP contribution >= 0.6 is 24.0 Å². The highest BCUT2D eigenvalue weighted by atomic mass is 127. The highest BCUT2D eigenvalue weighted by molar-refractivity contribution is 14.0. The Hall–Kier alpha value is -2.17. The summed E-state index contributed by atoms with van der Waals surface area (Å²) in [6.45, 7) is 7.62. The van der Waals surface area contributed by atoms with Gasteiger partial charge in [0.05, 0.1) is 27.0 Å². The van der Waals surface area contributed by atoms with Crippen LogP contribution in [0.4, 0.5) is 0 Å². The Kier molecular flexibility index (Phi) is 10.6. The van der Waals surface area contributed by atoms with Crippen LogP contribution in [0.25, 0.3) is 0 Å². The number of ether oxygens (including phenoxy) is 3. The van der Waals surface area contributed by atoms with E-state index >= 15 is 0 Å². The van der Waals surface area contributed by atoms with Gasteiger partial charge in [0.15, 0.2) is 5.96 Å². The molecule has 162 valence electrons. The maximum Gasteiger partial charge on any atom is 0.216 e. The maximum atomic E-state index is 5.58. The van der Waals surface area contributed by atoms with E-state index in [-0.39, 0.29) is 24.0 Å². The van der Waals surface area contributed by atoms with Gasteiger partial charge in [0.1, 0.15) is 29.6 Å². The van der Waals surface area contributed by atoms with Crippen LogP contribution in [0.5, 0.6) is 17.2 Å². The van der Waals surface area contributed by atoms with Crippen LogP contribution < -0.4 is 24.8 Å². The Bertz CT molecular complexity index is 763. The lowest BCUT2D eigenvalue weighted by Gasteiger charge is -2.16. The summed E-state index contributed by atoms with van der Waals surface area (Å²) in [5.41, 5.74) is 1.86. The molecule has 0 amide bonds. The van der Waals surface area contributed by atoms with Crippen molar-refractivity contribution in [1.29, 1.82) is 0 Å². The molecule has 0 spiro atoms. The molecule has 0 bridgehead atoms. The Labute approximate surface area is 189 Å². The second-order valence-corrected chi connectivity index (χ2v) is 6.13. The number of benzene rings is 1. The molecule has 0 radical (unpaired) electrons. The molecule has 1 heterocycles. The summed E-state index contributed by atoms with van der Waals surface area (Å²) in [6, 6.07) is 3.70. The average molecular weight is 518 g/mol. The fraction of sp³-hybridized carbons (Fsp3) is 0.500. The first kappa shape index (κ1) is 24.9. The number of aryl methyl sites for hydroxylation is 2. The highest BCUT2D eigenvalue weighted by Gasteiger charge is 2.13. The first-order valence-corrected chi connectivity index (χ1v) is 9.26. The average Bonchev–Trinajstić information content (AvgIpc) is 3.03. The predicted octanol–water partition coefficient (Wildman–Crippen LogP) is 3.23. The van der Waals surface area contributed by atoms with Crippen molar-refractivity contribution in [2.45, 2.75) is 33.7 Å². The fourth-order valence-corrected chi connectivity index (χ4v) is 2.73. The van der Waals surface area contributed by atoms with E-state index in [1.165, 1.54) is 0 Å². The molecule has 2 rings (SSSR count). The number of aliphatic imine (C=N–C) groups is 1. The molecule has 2 N–H and O–H groups in total. The van der Waals surface area contributed by atoms with Crippen LogP contribution in [-0.4, -0.2) is 45.4 Å². The third-order valence-corrected chi connectivity index (χ3v) is 4.27. The quantitative estimate of drug-likeness (QED) is 0.299. The summed E-state index contributed by atoms with van der Waals surface area (Å²) >= 11 is 0. The van der Waals surface area contributed by atoms with Gasteiger partial charge in [-0.15, -0.1) is 24.0 Å². The minimum absolute atomic E-state index is 0. The number of nitrogens with one attached hydrogen (secondary N) is 2. The number of halogens is 1. The third kappa shape index (κ3) is 6.98. The summed E-state index contributed by atoms with van der Waals surface area (Å²) in [5.74, 6) is 4.27. The molecule has 2 aromatic rings. The van der Waals surface area contributed by atoms with Gasteiger partial charge in [-0.25, -0.2) is 9.98 Å². The number of oxazole rings is 1. The van der Waals surface area contributed by atoms with E-state index in [1.54, 1.807) is 21.3 Å². The molecule has 29 heavy (non-hydrogen) atoms. The Morgan fingerprint density at radius 2 is 1.72 bits per heavy atom. The molecule has 0 saturated heterocycles. The van der Waals surface area contributed by atoms with Crippen molar-refractivity contribution in [3.63, 3.8) is 0 Å². The number of methoxy groups -OCH3 is 3. The number of rotatable bonds is 9. The molecule has 0 unspecified atom stereocenters. The lowest BCUT2D eigenvalue weighted by molar-refractivity contribution is 0.368. The second-order valence-electron chi connectivity index (χ2n) is 6.13. The van der Waals surface area contributed by atoms with Gasteiger partial charge in [0, 0.05) is 30.8 Å². The number of nitrogens with zero attached hydrogens (tertiary/aromatic N) is 2.